The number of nitrogens with one attached hydrogen (secondary N) is 2. The summed E-state index contributed by atoms with van der Waals surface area (Å²) < 4.78 is 0. The first-order chi connectivity index (χ1) is 12.3. The van der Waals surface area contributed by atoms with Gasteiger partial charge in [0, 0.05) is 5.54 Å². The number of nitrogens with zero attached hydrogens (tertiary/aromatic N) is 1. The lowest BCUT2D eigenvalue weighted by Gasteiger charge is -2.26. The lowest BCUT2D eigenvalue weighted by Crippen LogP contribution is -2.47. The normalized spacial score (nSPS) is 12.1. The molecule has 0 spiro atoms. The fourth-order valence-corrected chi connectivity index (χ4v) is 3.02. The molecule has 0 saturated carbocycles. The molecule has 0 saturated heterocycles. The minimum Gasteiger partial charge on any atom is -0.374 e. The number of carbonyl (C=O) groups excluding carboxylic acids is 1. The molecule has 0 aliphatic rings. The summed E-state index contributed by atoms with van der Waals surface area (Å²) in [5.74, 6) is -1.45. The van der Waals surface area contributed by atoms with E-state index in [9.17, 15) is 10.1 Å². The minimum atomic E-state index is -1.04. The van der Waals surface area contributed by atoms with Gasteiger partial charge < -0.3 is 10.6 Å². The van der Waals surface area contributed by atoms with Crippen LogP contribution in [-0.4, -0.2) is 16.4 Å². The van der Waals surface area contributed by atoms with Crippen LogP contribution < -0.4 is 10.6 Å². The van der Waals surface area contributed by atoms with Crippen molar-refractivity contribution >= 4 is 23.1 Å². The summed E-state index contributed by atoms with van der Waals surface area (Å²) in [5, 5.41) is 15.5. The Morgan fingerprint density at radius 2 is 1.46 bits per heavy atom. The average molecular weight is 366 g/mol. The van der Waals surface area contributed by atoms with Crippen molar-refractivity contribution in [3.63, 3.8) is 0 Å². The summed E-state index contributed by atoms with van der Waals surface area (Å²) in [6.45, 7) is 5.80. The standard InChI is InChI=1S/C21H23N3OS/c1-21(2,3)24-20(26)17(14-22)19(25)23-18(15-10-6-4-7-11-15)16-12-8-5-9-13-16/h4-13,17-18H,1-3H3,(H,23,25)(H,24,26). The quantitative estimate of drug-likeness (QED) is 0.792. The number of hydrogen-bond acceptors (Lipinski definition) is 3. The van der Waals surface area contributed by atoms with Gasteiger partial charge in [0.15, 0.2) is 5.92 Å². The highest BCUT2D eigenvalue weighted by atomic mass is 32.1. The first kappa shape index (κ1) is 19.6. The van der Waals surface area contributed by atoms with Crippen LogP contribution in [0, 0.1) is 17.2 Å². The molecule has 26 heavy (non-hydrogen) atoms. The Bertz CT molecular complexity index is 752. The zero-order valence-electron chi connectivity index (χ0n) is 15.2. The van der Waals surface area contributed by atoms with Crippen LogP contribution in [0.4, 0.5) is 0 Å². The average Bonchev–Trinajstić information content (AvgIpc) is 2.60. The van der Waals surface area contributed by atoms with Crippen LogP contribution in [-0.2, 0) is 4.79 Å². The van der Waals surface area contributed by atoms with E-state index in [2.05, 4.69) is 10.6 Å². The van der Waals surface area contributed by atoms with E-state index in [4.69, 9.17) is 12.2 Å². The zero-order chi connectivity index (χ0) is 19.2. The topological polar surface area (TPSA) is 64.9 Å². The number of amides is 1. The zero-order valence-corrected chi connectivity index (χ0v) is 16.0. The van der Waals surface area contributed by atoms with Gasteiger partial charge >= 0.3 is 0 Å². The number of rotatable bonds is 5. The van der Waals surface area contributed by atoms with E-state index in [1.165, 1.54) is 0 Å². The van der Waals surface area contributed by atoms with E-state index in [0.29, 0.717) is 0 Å². The lowest BCUT2D eigenvalue weighted by atomic mass is 9.97. The largest absolute Gasteiger partial charge is 0.374 e. The van der Waals surface area contributed by atoms with Gasteiger partial charge in [0.25, 0.3) is 0 Å². The van der Waals surface area contributed by atoms with Gasteiger partial charge in [-0.3, -0.25) is 4.79 Å². The van der Waals surface area contributed by atoms with Crippen LogP contribution >= 0.6 is 12.2 Å². The highest BCUT2D eigenvalue weighted by Gasteiger charge is 2.28. The summed E-state index contributed by atoms with van der Waals surface area (Å²) in [6.07, 6.45) is 0. The third kappa shape index (κ3) is 5.40. The smallest absolute Gasteiger partial charge is 0.245 e. The Morgan fingerprint density at radius 3 is 1.85 bits per heavy atom. The van der Waals surface area contributed by atoms with Crippen molar-refractivity contribution in [2.45, 2.75) is 32.4 Å². The van der Waals surface area contributed by atoms with Crippen LogP contribution in [0.5, 0.6) is 0 Å². The molecule has 1 atom stereocenters. The van der Waals surface area contributed by atoms with Gasteiger partial charge in [-0.05, 0) is 31.9 Å². The molecule has 4 nitrogen and oxygen atoms in total. The third-order valence-electron chi connectivity index (χ3n) is 3.70. The second-order valence-electron chi connectivity index (χ2n) is 7.06. The van der Waals surface area contributed by atoms with Crippen molar-refractivity contribution in [1.29, 1.82) is 5.26 Å². The summed E-state index contributed by atoms with van der Waals surface area (Å²) in [4.78, 5) is 13.0. The Balaban J connectivity index is 2.26. The van der Waals surface area contributed by atoms with Crippen LogP contribution in [0.2, 0.25) is 0 Å². The van der Waals surface area contributed by atoms with Gasteiger partial charge in [-0.25, -0.2) is 0 Å². The minimum absolute atomic E-state index is 0.234. The molecule has 0 aliphatic heterocycles. The van der Waals surface area contributed by atoms with E-state index in [1.807, 2.05) is 87.5 Å². The summed E-state index contributed by atoms with van der Waals surface area (Å²) >= 11 is 5.29. The van der Waals surface area contributed by atoms with E-state index >= 15 is 0 Å². The molecule has 2 rings (SSSR count). The van der Waals surface area contributed by atoms with Crippen LogP contribution in [0.15, 0.2) is 60.7 Å². The summed E-state index contributed by atoms with van der Waals surface area (Å²) in [7, 11) is 0. The van der Waals surface area contributed by atoms with Crippen LogP contribution in [0.25, 0.3) is 0 Å². The van der Waals surface area contributed by atoms with Crippen molar-refractivity contribution in [3.05, 3.63) is 71.8 Å². The van der Waals surface area contributed by atoms with Gasteiger partial charge in [0.1, 0.15) is 4.99 Å². The molecule has 0 aromatic heterocycles. The van der Waals surface area contributed by atoms with Crippen molar-refractivity contribution < 1.29 is 4.79 Å². The predicted octanol–water partition coefficient (Wildman–Crippen LogP) is 3.75. The molecular formula is C21H23N3OS. The summed E-state index contributed by atoms with van der Waals surface area (Å²) in [6, 6.07) is 21.0. The molecule has 0 bridgehead atoms. The maximum atomic E-state index is 12.8. The number of thiocarbonyl (C=S) groups is 1. The van der Waals surface area contributed by atoms with Crippen molar-refractivity contribution in [2.24, 2.45) is 5.92 Å². The molecule has 0 heterocycles. The van der Waals surface area contributed by atoms with Gasteiger partial charge in [-0.1, -0.05) is 72.9 Å². The molecule has 0 aliphatic carbocycles. The van der Waals surface area contributed by atoms with E-state index in [1.54, 1.807) is 0 Å². The molecule has 134 valence electrons. The van der Waals surface area contributed by atoms with Crippen molar-refractivity contribution in [1.82, 2.24) is 10.6 Å². The third-order valence-corrected chi connectivity index (χ3v) is 4.04. The van der Waals surface area contributed by atoms with Gasteiger partial charge in [-0.15, -0.1) is 0 Å². The number of hydrogen-bond donors (Lipinski definition) is 2. The molecule has 0 radical (unpaired) electrons. The Hall–Kier alpha value is -2.71. The van der Waals surface area contributed by atoms with Gasteiger partial charge in [0.2, 0.25) is 5.91 Å². The molecule has 1 unspecified atom stereocenters. The fourth-order valence-electron chi connectivity index (χ4n) is 2.55. The lowest BCUT2D eigenvalue weighted by molar-refractivity contribution is -0.122. The first-order valence-electron chi connectivity index (χ1n) is 8.44. The monoisotopic (exact) mass is 365 g/mol. The molecule has 2 N–H and O–H groups in total. The second kappa shape index (κ2) is 8.59. The number of nitriles is 1. The highest BCUT2D eigenvalue weighted by molar-refractivity contribution is 7.80. The van der Waals surface area contributed by atoms with E-state index < -0.39 is 11.8 Å². The van der Waals surface area contributed by atoms with Crippen molar-refractivity contribution in [2.75, 3.05) is 0 Å². The molecule has 2 aromatic carbocycles. The van der Waals surface area contributed by atoms with Gasteiger partial charge in [-0.2, -0.15) is 5.26 Å². The fraction of sp³-hybridized carbons (Fsp3) is 0.286. The summed E-state index contributed by atoms with van der Waals surface area (Å²) in [5.41, 5.74) is 1.57. The number of carbonyl (C=O) groups is 1. The van der Waals surface area contributed by atoms with E-state index in [-0.39, 0.29) is 16.6 Å². The molecule has 2 aromatic rings. The molecule has 0 fully saturated rings. The molecular weight excluding hydrogens is 342 g/mol. The molecule has 1 amide bonds. The first-order valence-corrected chi connectivity index (χ1v) is 8.84. The second-order valence-corrected chi connectivity index (χ2v) is 7.50. The SMILES string of the molecule is CC(C)(C)NC(=S)C(C#N)C(=O)NC(c1ccccc1)c1ccccc1. The molecule has 5 heteroatoms. The maximum absolute atomic E-state index is 12.8. The Kier molecular flexibility index (Phi) is 6.48. The van der Waals surface area contributed by atoms with Crippen LogP contribution in [0.3, 0.4) is 0 Å². The number of benzene rings is 2. The predicted molar refractivity (Wildman–Crippen MR) is 107 cm³/mol. The van der Waals surface area contributed by atoms with Crippen LogP contribution in [0.1, 0.15) is 37.9 Å². The Labute approximate surface area is 160 Å². The Morgan fingerprint density at radius 1 is 1.00 bits per heavy atom. The van der Waals surface area contributed by atoms with Gasteiger partial charge in [0.05, 0.1) is 12.1 Å². The van der Waals surface area contributed by atoms with Crippen molar-refractivity contribution in [3.8, 4) is 6.07 Å². The van der Waals surface area contributed by atoms with E-state index in [0.717, 1.165) is 11.1 Å². The maximum Gasteiger partial charge on any atom is 0.245 e. The highest BCUT2D eigenvalue weighted by Crippen LogP contribution is 2.22.